The minimum absolute atomic E-state index is 0.0800. The Balaban J connectivity index is 2.37. The van der Waals surface area contributed by atoms with Crippen molar-refractivity contribution in [2.75, 3.05) is 0 Å². The van der Waals surface area contributed by atoms with Crippen molar-refractivity contribution in [2.45, 2.75) is 32.7 Å². The molecule has 1 unspecified atom stereocenters. The molecule has 0 aliphatic heterocycles. The van der Waals surface area contributed by atoms with Crippen LogP contribution in [0.2, 0.25) is 0 Å². The summed E-state index contributed by atoms with van der Waals surface area (Å²) >= 11 is 0. The number of rotatable bonds is 3. The summed E-state index contributed by atoms with van der Waals surface area (Å²) in [7, 11) is 0. The predicted molar refractivity (Wildman–Crippen MR) is 70.3 cm³/mol. The fraction of sp³-hybridized carbons (Fsp3) is 0.357. The van der Waals surface area contributed by atoms with Gasteiger partial charge >= 0.3 is 0 Å². The smallest absolute Gasteiger partial charge is 0.115 e. The van der Waals surface area contributed by atoms with E-state index < -0.39 is 0 Å². The van der Waals surface area contributed by atoms with Crippen molar-refractivity contribution in [3.05, 3.63) is 48.0 Å². The van der Waals surface area contributed by atoms with Gasteiger partial charge in [0.15, 0.2) is 0 Å². The molecule has 1 atom stereocenters. The highest BCUT2D eigenvalue weighted by molar-refractivity contribution is 5.37. The van der Waals surface area contributed by atoms with Crippen LogP contribution in [0.25, 0.3) is 5.69 Å². The molecule has 0 aliphatic rings. The van der Waals surface area contributed by atoms with Gasteiger partial charge in [-0.05, 0) is 24.6 Å². The summed E-state index contributed by atoms with van der Waals surface area (Å²) in [4.78, 5) is 4.39. The van der Waals surface area contributed by atoms with Gasteiger partial charge in [-0.1, -0.05) is 26.0 Å². The van der Waals surface area contributed by atoms with Gasteiger partial charge in [0.2, 0.25) is 0 Å². The number of aromatic nitrogens is 2. The standard InChI is InChI=1S/C14H19N3/c1-10(2)14-16-8-9-17(14)13-6-4-12(5-7-13)11(3)15/h4-11H,15H2,1-3H3. The average Bonchev–Trinajstić information content (AvgIpc) is 2.78. The largest absolute Gasteiger partial charge is 0.324 e. The molecular formula is C14H19N3. The second kappa shape index (κ2) is 4.72. The Morgan fingerprint density at radius 2 is 1.76 bits per heavy atom. The van der Waals surface area contributed by atoms with E-state index in [1.54, 1.807) is 0 Å². The molecule has 1 aromatic heterocycles. The molecule has 90 valence electrons. The lowest BCUT2D eigenvalue weighted by atomic mass is 10.1. The molecule has 2 N–H and O–H groups in total. The highest BCUT2D eigenvalue weighted by Crippen LogP contribution is 2.19. The predicted octanol–water partition coefficient (Wildman–Crippen LogP) is 3.02. The van der Waals surface area contributed by atoms with Crippen molar-refractivity contribution < 1.29 is 0 Å². The zero-order valence-corrected chi connectivity index (χ0v) is 10.6. The van der Waals surface area contributed by atoms with E-state index in [1.807, 2.05) is 19.3 Å². The summed E-state index contributed by atoms with van der Waals surface area (Å²) in [6.45, 7) is 6.29. The van der Waals surface area contributed by atoms with Crippen LogP contribution in [0, 0.1) is 0 Å². The monoisotopic (exact) mass is 229 g/mol. The first-order valence-corrected chi connectivity index (χ1v) is 5.98. The van der Waals surface area contributed by atoms with Crippen molar-refractivity contribution in [2.24, 2.45) is 5.73 Å². The van der Waals surface area contributed by atoms with Crippen LogP contribution in [0.1, 0.15) is 44.1 Å². The number of nitrogens with two attached hydrogens (primary N) is 1. The molecule has 0 amide bonds. The highest BCUT2D eigenvalue weighted by atomic mass is 15.1. The fourth-order valence-corrected chi connectivity index (χ4v) is 1.90. The zero-order chi connectivity index (χ0) is 12.4. The zero-order valence-electron chi connectivity index (χ0n) is 10.6. The third-order valence-electron chi connectivity index (χ3n) is 2.88. The first-order valence-electron chi connectivity index (χ1n) is 5.98. The van der Waals surface area contributed by atoms with Crippen LogP contribution in [0.3, 0.4) is 0 Å². The fourth-order valence-electron chi connectivity index (χ4n) is 1.90. The van der Waals surface area contributed by atoms with E-state index in [-0.39, 0.29) is 6.04 Å². The molecule has 2 aromatic rings. The van der Waals surface area contributed by atoms with Gasteiger partial charge in [0, 0.05) is 30.0 Å². The molecule has 1 heterocycles. The van der Waals surface area contributed by atoms with Gasteiger partial charge in [-0.15, -0.1) is 0 Å². The van der Waals surface area contributed by atoms with E-state index in [0.29, 0.717) is 5.92 Å². The van der Waals surface area contributed by atoms with Crippen molar-refractivity contribution in [1.82, 2.24) is 9.55 Å². The van der Waals surface area contributed by atoms with Gasteiger partial charge in [-0.25, -0.2) is 4.98 Å². The van der Waals surface area contributed by atoms with Gasteiger partial charge in [0.1, 0.15) is 5.82 Å². The van der Waals surface area contributed by atoms with Crippen LogP contribution >= 0.6 is 0 Å². The topological polar surface area (TPSA) is 43.8 Å². The third kappa shape index (κ3) is 2.39. The summed E-state index contributed by atoms with van der Waals surface area (Å²) in [6, 6.07) is 8.41. The second-order valence-corrected chi connectivity index (χ2v) is 4.69. The molecule has 0 radical (unpaired) electrons. The molecule has 0 saturated heterocycles. The van der Waals surface area contributed by atoms with E-state index in [0.717, 1.165) is 17.1 Å². The molecule has 0 saturated carbocycles. The number of hydrogen-bond donors (Lipinski definition) is 1. The Morgan fingerprint density at radius 1 is 1.12 bits per heavy atom. The second-order valence-electron chi connectivity index (χ2n) is 4.69. The summed E-state index contributed by atoms with van der Waals surface area (Å²) in [6.07, 6.45) is 3.84. The van der Waals surface area contributed by atoms with Crippen molar-refractivity contribution in [3.63, 3.8) is 0 Å². The molecule has 3 nitrogen and oxygen atoms in total. The molecule has 0 bridgehead atoms. The normalized spacial score (nSPS) is 13.0. The lowest BCUT2D eigenvalue weighted by Crippen LogP contribution is -2.06. The molecule has 17 heavy (non-hydrogen) atoms. The maximum atomic E-state index is 5.84. The molecule has 2 rings (SSSR count). The molecule has 0 fully saturated rings. The maximum Gasteiger partial charge on any atom is 0.115 e. The summed E-state index contributed by atoms with van der Waals surface area (Å²) in [5.41, 5.74) is 8.13. The van der Waals surface area contributed by atoms with Gasteiger partial charge in [-0.3, -0.25) is 0 Å². The van der Waals surface area contributed by atoms with E-state index in [4.69, 9.17) is 5.73 Å². The Kier molecular flexibility index (Phi) is 3.29. The van der Waals surface area contributed by atoms with E-state index >= 15 is 0 Å². The Morgan fingerprint density at radius 3 is 2.29 bits per heavy atom. The maximum absolute atomic E-state index is 5.84. The Bertz CT molecular complexity index is 480. The molecule has 1 aromatic carbocycles. The summed E-state index contributed by atoms with van der Waals surface area (Å²) in [5.74, 6) is 1.50. The van der Waals surface area contributed by atoms with Crippen LogP contribution < -0.4 is 5.73 Å². The summed E-state index contributed by atoms with van der Waals surface area (Å²) in [5, 5.41) is 0. The first-order chi connectivity index (χ1) is 8.09. The average molecular weight is 229 g/mol. The molecular weight excluding hydrogens is 210 g/mol. The lowest BCUT2D eigenvalue weighted by Gasteiger charge is -2.12. The molecule has 0 aliphatic carbocycles. The Hall–Kier alpha value is -1.61. The van der Waals surface area contributed by atoms with Crippen LogP contribution in [0.5, 0.6) is 0 Å². The van der Waals surface area contributed by atoms with Crippen LogP contribution in [-0.2, 0) is 0 Å². The number of nitrogens with zero attached hydrogens (tertiary/aromatic N) is 2. The number of imidazole rings is 1. The van der Waals surface area contributed by atoms with Crippen LogP contribution in [0.4, 0.5) is 0 Å². The number of benzene rings is 1. The Labute approximate surface area is 102 Å². The molecule has 0 spiro atoms. The van der Waals surface area contributed by atoms with E-state index in [9.17, 15) is 0 Å². The quantitative estimate of drug-likeness (QED) is 0.879. The minimum atomic E-state index is 0.0800. The van der Waals surface area contributed by atoms with Gasteiger partial charge in [-0.2, -0.15) is 0 Å². The van der Waals surface area contributed by atoms with Crippen molar-refractivity contribution in [1.29, 1.82) is 0 Å². The number of hydrogen-bond acceptors (Lipinski definition) is 2. The van der Waals surface area contributed by atoms with Crippen LogP contribution in [-0.4, -0.2) is 9.55 Å². The summed E-state index contributed by atoms with van der Waals surface area (Å²) < 4.78 is 2.12. The van der Waals surface area contributed by atoms with Gasteiger partial charge in [0.25, 0.3) is 0 Å². The van der Waals surface area contributed by atoms with Crippen molar-refractivity contribution in [3.8, 4) is 5.69 Å². The first kappa shape index (κ1) is 11.9. The van der Waals surface area contributed by atoms with Crippen molar-refractivity contribution >= 4 is 0 Å². The highest BCUT2D eigenvalue weighted by Gasteiger charge is 2.08. The third-order valence-corrected chi connectivity index (χ3v) is 2.88. The minimum Gasteiger partial charge on any atom is -0.324 e. The SMILES string of the molecule is CC(C)c1nccn1-c1ccc(C(C)N)cc1. The van der Waals surface area contributed by atoms with Gasteiger partial charge < -0.3 is 10.3 Å². The van der Waals surface area contributed by atoms with E-state index in [2.05, 4.69) is 47.7 Å². The van der Waals surface area contributed by atoms with E-state index in [1.165, 1.54) is 0 Å². The lowest BCUT2D eigenvalue weighted by molar-refractivity contribution is 0.751. The van der Waals surface area contributed by atoms with Gasteiger partial charge in [0.05, 0.1) is 0 Å². The van der Waals surface area contributed by atoms with Crippen LogP contribution in [0.15, 0.2) is 36.7 Å². The molecule has 3 heteroatoms.